The van der Waals surface area contributed by atoms with Crippen LogP contribution in [0.4, 0.5) is 5.95 Å². The fourth-order valence-electron chi connectivity index (χ4n) is 1.34. The molecule has 0 saturated carbocycles. The van der Waals surface area contributed by atoms with Gasteiger partial charge in [-0.25, -0.2) is 4.98 Å². The first-order valence-corrected chi connectivity index (χ1v) is 5.18. The predicted octanol–water partition coefficient (Wildman–Crippen LogP) is 0.948. The molecular weight excluding hydrogens is 178 g/mol. The molecule has 0 amide bonds. The van der Waals surface area contributed by atoms with Gasteiger partial charge in [0, 0.05) is 6.54 Å². The molecule has 1 aromatic heterocycles. The molecule has 5 heteroatoms. The van der Waals surface area contributed by atoms with Gasteiger partial charge in [0.15, 0.2) is 0 Å². The molecular formula is C9H19N5. The lowest BCUT2D eigenvalue weighted by Gasteiger charge is -2.17. The lowest BCUT2D eigenvalue weighted by molar-refractivity contribution is 0.303. The van der Waals surface area contributed by atoms with Crippen LogP contribution in [0.1, 0.15) is 20.3 Å². The zero-order valence-electron chi connectivity index (χ0n) is 8.95. The average molecular weight is 197 g/mol. The number of hydrogen-bond donors (Lipinski definition) is 2. The van der Waals surface area contributed by atoms with Crippen molar-refractivity contribution in [3.63, 3.8) is 0 Å². The van der Waals surface area contributed by atoms with Gasteiger partial charge in [-0.2, -0.15) is 0 Å². The molecule has 0 radical (unpaired) electrons. The van der Waals surface area contributed by atoms with Crippen LogP contribution < -0.4 is 5.32 Å². The Balaban J connectivity index is 2.04. The van der Waals surface area contributed by atoms with E-state index in [0.717, 1.165) is 32.6 Å². The van der Waals surface area contributed by atoms with E-state index in [1.165, 1.54) is 0 Å². The Morgan fingerprint density at radius 2 is 2.21 bits per heavy atom. The maximum Gasteiger partial charge on any atom is 0.241 e. The minimum absolute atomic E-state index is 0.685. The number of hydrogen-bond acceptors (Lipinski definition) is 4. The van der Waals surface area contributed by atoms with Gasteiger partial charge in [-0.3, -0.25) is 5.10 Å². The minimum Gasteiger partial charge on any atom is -0.353 e. The van der Waals surface area contributed by atoms with Crippen LogP contribution in [0.2, 0.25) is 0 Å². The highest BCUT2D eigenvalue weighted by Gasteiger charge is 1.98. The van der Waals surface area contributed by atoms with Crippen molar-refractivity contribution in [2.24, 2.45) is 0 Å². The lowest BCUT2D eigenvalue weighted by Crippen LogP contribution is -2.25. The van der Waals surface area contributed by atoms with Crippen molar-refractivity contribution in [1.29, 1.82) is 0 Å². The van der Waals surface area contributed by atoms with Gasteiger partial charge in [0.25, 0.3) is 0 Å². The van der Waals surface area contributed by atoms with Gasteiger partial charge >= 0.3 is 0 Å². The lowest BCUT2D eigenvalue weighted by atomic mass is 10.3. The second-order valence-electron chi connectivity index (χ2n) is 3.13. The molecule has 0 aliphatic heterocycles. The number of rotatable bonds is 7. The summed E-state index contributed by atoms with van der Waals surface area (Å²) in [7, 11) is 0. The summed E-state index contributed by atoms with van der Waals surface area (Å²) in [6.07, 6.45) is 2.70. The molecule has 1 aromatic rings. The minimum atomic E-state index is 0.685. The van der Waals surface area contributed by atoms with Crippen LogP contribution >= 0.6 is 0 Å². The SMILES string of the molecule is CCN(CC)CCCNc1nc[nH]n1. The Morgan fingerprint density at radius 1 is 1.43 bits per heavy atom. The Hall–Kier alpha value is -1.10. The molecule has 0 fully saturated rings. The molecule has 0 bridgehead atoms. The monoisotopic (exact) mass is 197 g/mol. The first-order chi connectivity index (χ1) is 6.86. The van der Waals surface area contributed by atoms with Crippen LogP contribution in [0.25, 0.3) is 0 Å². The number of anilines is 1. The topological polar surface area (TPSA) is 56.8 Å². The largest absolute Gasteiger partial charge is 0.353 e. The predicted molar refractivity (Wildman–Crippen MR) is 57.3 cm³/mol. The number of H-pyrrole nitrogens is 1. The highest BCUT2D eigenvalue weighted by Crippen LogP contribution is 1.94. The van der Waals surface area contributed by atoms with Crippen LogP contribution in [0.15, 0.2) is 6.33 Å². The molecule has 1 heterocycles. The highest BCUT2D eigenvalue weighted by molar-refractivity contribution is 5.19. The maximum atomic E-state index is 3.98. The van der Waals surface area contributed by atoms with Gasteiger partial charge in [-0.15, -0.1) is 5.10 Å². The summed E-state index contributed by atoms with van der Waals surface area (Å²) in [6.45, 7) is 8.67. The summed E-state index contributed by atoms with van der Waals surface area (Å²) in [5, 5.41) is 9.73. The first kappa shape index (κ1) is 11.0. The number of aromatic amines is 1. The summed E-state index contributed by atoms with van der Waals surface area (Å²) in [6, 6.07) is 0. The van der Waals surface area contributed by atoms with Crippen LogP contribution in [-0.4, -0.2) is 46.3 Å². The van der Waals surface area contributed by atoms with E-state index in [1.54, 1.807) is 6.33 Å². The van der Waals surface area contributed by atoms with Gasteiger partial charge in [-0.1, -0.05) is 13.8 Å². The van der Waals surface area contributed by atoms with Gasteiger partial charge in [0.05, 0.1) is 0 Å². The second kappa shape index (κ2) is 6.37. The third-order valence-corrected chi connectivity index (χ3v) is 2.24. The average Bonchev–Trinajstić information content (AvgIpc) is 2.71. The van der Waals surface area contributed by atoms with E-state index in [-0.39, 0.29) is 0 Å². The summed E-state index contributed by atoms with van der Waals surface area (Å²) < 4.78 is 0. The molecule has 2 N–H and O–H groups in total. The normalized spacial score (nSPS) is 10.8. The maximum absolute atomic E-state index is 3.98. The zero-order valence-corrected chi connectivity index (χ0v) is 8.95. The second-order valence-corrected chi connectivity index (χ2v) is 3.13. The highest BCUT2D eigenvalue weighted by atomic mass is 15.3. The van der Waals surface area contributed by atoms with E-state index >= 15 is 0 Å². The fraction of sp³-hybridized carbons (Fsp3) is 0.778. The molecule has 1 rings (SSSR count). The van der Waals surface area contributed by atoms with Crippen molar-refractivity contribution < 1.29 is 0 Å². The van der Waals surface area contributed by atoms with E-state index in [2.05, 4.69) is 39.2 Å². The molecule has 14 heavy (non-hydrogen) atoms. The molecule has 0 atom stereocenters. The summed E-state index contributed by atoms with van der Waals surface area (Å²) in [5.41, 5.74) is 0. The summed E-state index contributed by atoms with van der Waals surface area (Å²) in [5.74, 6) is 0.685. The Labute approximate surface area is 84.9 Å². The van der Waals surface area contributed by atoms with E-state index in [9.17, 15) is 0 Å². The zero-order chi connectivity index (χ0) is 10.2. The third-order valence-electron chi connectivity index (χ3n) is 2.24. The van der Waals surface area contributed by atoms with Gasteiger partial charge in [-0.05, 0) is 26.1 Å². The van der Waals surface area contributed by atoms with Crippen molar-refractivity contribution in [2.75, 3.05) is 31.5 Å². The van der Waals surface area contributed by atoms with Gasteiger partial charge in [0.2, 0.25) is 5.95 Å². The Morgan fingerprint density at radius 3 is 2.79 bits per heavy atom. The molecule has 80 valence electrons. The van der Waals surface area contributed by atoms with Crippen molar-refractivity contribution >= 4 is 5.95 Å². The fourth-order valence-corrected chi connectivity index (χ4v) is 1.34. The first-order valence-electron chi connectivity index (χ1n) is 5.18. The summed E-state index contributed by atoms with van der Waals surface area (Å²) in [4.78, 5) is 6.38. The van der Waals surface area contributed by atoms with E-state index < -0.39 is 0 Å². The molecule has 0 aliphatic rings. The summed E-state index contributed by atoms with van der Waals surface area (Å²) >= 11 is 0. The Kier molecular flexibility index (Phi) is 4.99. The quantitative estimate of drug-likeness (QED) is 0.639. The van der Waals surface area contributed by atoms with E-state index in [0.29, 0.717) is 5.95 Å². The van der Waals surface area contributed by atoms with Crippen LogP contribution in [-0.2, 0) is 0 Å². The van der Waals surface area contributed by atoms with Crippen molar-refractivity contribution in [1.82, 2.24) is 20.1 Å². The molecule has 0 aliphatic carbocycles. The van der Waals surface area contributed by atoms with Crippen molar-refractivity contribution in [3.8, 4) is 0 Å². The van der Waals surface area contributed by atoms with Crippen LogP contribution in [0, 0.1) is 0 Å². The smallest absolute Gasteiger partial charge is 0.241 e. The molecule has 0 saturated heterocycles. The molecule has 5 nitrogen and oxygen atoms in total. The molecule has 0 unspecified atom stereocenters. The number of aromatic nitrogens is 3. The number of nitrogens with zero attached hydrogens (tertiary/aromatic N) is 3. The van der Waals surface area contributed by atoms with Crippen molar-refractivity contribution in [2.45, 2.75) is 20.3 Å². The van der Waals surface area contributed by atoms with Crippen LogP contribution in [0.3, 0.4) is 0 Å². The van der Waals surface area contributed by atoms with Gasteiger partial charge < -0.3 is 10.2 Å². The van der Waals surface area contributed by atoms with Crippen molar-refractivity contribution in [3.05, 3.63) is 6.33 Å². The van der Waals surface area contributed by atoms with Gasteiger partial charge in [0.1, 0.15) is 6.33 Å². The number of nitrogens with one attached hydrogen (secondary N) is 2. The third kappa shape index (κ3) is 3.74. The molecule has 0 spiro atoms. The van der Waals surface area contributed by atoms with E-state index in [4.69, 9.17) is 0 Å². The molecule has 0 aromatic carbocycles. The van der Waals surface area contributed by atoms with Crippen LogP contribution in [0.5, 0.6) is 0 Å². The van der Waals surface area contributed by atoms with E-state index in [1.807, 2.05) is 0 Å². The Bertz CT molecular complexity index is 217. The standard InChI is InChI=1S/C9H19N5/c1-3-14(4-2)7-5-6-10-9-11-8-12-13-9/h8H,3-7H2,1-2H3,(H2,10,11,12,13).